The van der Waals surface area contributed by atoms with Crippen molar-refractivity contribution in [2.24, 2.45) is 0 Å². The Morgan fingerprint density at radius 3 is 2.65 bits per heavy atom. The molecular weight excluding hydrogens is 288 g/mol. The lowest BCUT2D eigenvalue weighted by Gasteiger charge is -2.32. The Hall–Kier alpha value is -0.480. The van der Waals surface area contributed by atoms with Crippen LogP contribution < -0.4 is 0 Å². The van der Waals surface area contributed by atoms with Crippen molar-refractivity contribution in [3.05, 3.63) is 35.9 Å². The zero-order valence-corrected chi connectivity index (χ0v) is 11.2. The molecule has 2 rings (SSSR count). The van der Waals surface area contributed by atoms with Crippen molar-refractivity contribution in [2.45, 2.75) is 23.6 Å². The third-order valence-electron chi connectivity index (χ3n) is 3.07. The molecule has 0 amide bonds. The van der Waals surface area contributed by atoms with Gasteiger partial charge in [-0.3, -0.25) is 4.90 Å². The molecule has 0 N–H and O–H groups in total. The van der Waals surface area contributed by atoms with Crippen LogP contribution in [0.1, 0.15) is 18.4 Å². The minimum absolute atomic E-state index is 0.108. The van der Waals surface area contributed by atoms with Crippen LogP contribution in [0.5, 0.6) is 0 Å². The Bertz CT molecular complexity index is 356. The molecule has 1 aromatic rings. The Balaban J connectivity index is 2.01. The molecule has 1 unspecified atom stereocenters. The van der Waals surface area contributed by atoms with E-state index in [4.69, 9.17) is 0 Å². The fourth-order valence-corrected chi connectivity index (χ4v) is 2.93. The van der Waals surface area contributed by atoms with Crippen molar-refractivity contribution < 1.29 is 8.78 Å². The van der Waals surface area contributed by atoms with Crippen LogP contribution >= 0.6 is 15.9 Å². The first-order chi connectivity index (χ1) is 8.08. The summed E-state index contributed by atoms with van der Waals surface area (Å²) >= 11 is 3.51. The normalized spacial score (nSPS) is 22.6. The van der Waals surface area contributed by atoms with Crippen molar-refractivity contribution in [2.75, 3.05) is 19.6 Å². The minimum atomic E-state index is -2.76. The van der Waals surface area contributed by atoms with Crippen molar-refractivity contribution in [3.8, 4) is 0 Å². The number of hydrogen-bond acceptors (Lipinski definition) is 1. The molecule has 0 spiro atoms. The summed E-state index contributed by atoms with van der Waals surface area (Å²) in [5.41, 5.74) is 0.108. The van der Waals surface area contributed by atoms with Gasteiger partial charge in [0, 0.05) is 16.9 Å². The first-order valence-corrected chi connectivity index (χ1v) is 6.79. The maximum atomic E-state index is 14.0. The van der Waals surface area contributed by atoms with Crippen LogP contribution in [0.15, 0.2) is 30.3 Å². The summed E-state index contributed by atoms with van der Waals surface area (Å²) in [6, 6.07) is 8.07. The van der Waals surface area contributed by atoms with Crippen LogP contribution in [0, 0.1) is 0 Å². The van der Waals surface area contributed by atoms with Gasteiger partial charge in [0.25, 0.3) is 5.92 Å². The molecule has 1 aliphatic rings. The average Bonchev–Trinajstić information content (AvgIpc) is 2.29. The number of nitrogens with zero attached hydrogens (tertiary/aromatic N) is 1. The summed E-state index contributed by atoms with van der Waals surface area (Å²) in [7, 11) is 0. The first kappa shape index (κ1) is 13.0. The van der Waals surface area contributed by atoms with E-state index in [1.165, 1.54) is 12.1 Å². The van der Waals surface area contributed by atoms with Crippen molar-refractivity contribution in [3.63, 3.8) is 0 Å². The van der Waals surface area contributed by atoms with E-state index in [1.807, 2.05) is 4.90 Å². The maximum absolute atomic E-state index is 14.0. The highest BCUT2D eigenvalue weighted by Gasteiger charge is 2.34. The summed E-state index contributed by atoms with van der Waals surface area (Å²) in [5.74, 6) is -2.76. The van der Waals surface area contributed by atoms with Crippen molar-refractivity contribution >= 4 is 15.9 Å². The average molecular weight is 304 g/mol. The second-order valence-electron chi connectivity index (χ2n) is 4.55. The Morgan fingerprint density at radius 1 is 1.29 bits per heavy atom. The zero-order valence-electron chi connectivity index (χ0n) is 9.58. The van der Waals surface area contributed by atoms with Gasteiger partial charge in [0.1, 0.15) is 0 Å². The highest BCUT2D eigenvalue weighted by molar-refractivity contribution is 9.09. The molecule has 94 valence electrons. The van der Waals surface area contributed by atoms with Gasteiger partial charge in [-0.25, -0.2) is 0 Å². The minimum Gasteiger partial charge on any atom is -0.296 e. The van der Waals surface area contributed by atoms with Gasteiger partial charge in [0.2, 0.25) is 0 Å². The smallest absolute Gasteiger partial charge is 0.285 e. The van der Waals surface area contributed by atoms with Gasteiger partial charge in [0.15, 0.2) is 0 Å². The molecular formula is C13H16BrF2N. The number of likely N-dealkylation sites (tertiary alicyclic amines) is 1. The van der Waals surface area contributed by atoms with Gasteiger partial charge in [-0.15, -0.1) is 0 Å². The second kappa shape index (κ2) is 5.44. The molecule has 1 aliphatic heterocycles. The highest BCUT2D eigenvalue weighted by Crippen LogP contribution is 2.30. The van der Waals surface area contributed by atoms with Gasteiger partial charge in [-0.05, 0) is 19.4 Å². The fourth-order valence-electron chi connectivity index (χ4n) is 2.20. The molecule has 1 atom stereocenters. The summed E-state index contributed by atoms with van der Waals surface area (Å²) in [4.78, 5) is 2.19. The van der Waals surface area contributed by atoms with Crippen LogP contribution in [-0.2, 0) is 5.92 Å². The van der Waals surface area contributed by atoms with E-state index in [1.54, 1.807) is 18.2 Å². The van der Waals surface area contributed by atoms with Gasteiger partial charge in [-0.1, -0.05) is 46.3 Å². The van der Waals surface area contributed by atoms with Gasteiger partial charge in [0.05, 0.1) is 6.54 Å². The lowest BCUT2D eigenvalue weighted by molar-refractivity contribution is -0.0408. The zero-order chi connectivity index (χ0) is 12.3. The number of halogens is 3. The van der Waals surface area contributed by atoms with Crippen molar-refractivity contribution in [1.82, 2.24) is 4.90 Å². The number of rotatable bonds is 3. The molecule has 0 bridgehead atoms. The Kier molecular flexibility index (Phi) is 4.15. The SMILES string of the molecule is FC(F)(CN1CCCC(Br)C1)c1ccccc1. The van der Waals surface area contributed by atoms with E-state index < -0.39 is 5.92 Å². The predicted octanol–water partition coefficient (Wildman–Crippen LogP) is 3.64. The predicted molar refractivity (Wildman–Crippen MR) is 68.7 cm³/mol. The number of alkyl halides is 3. The van der Waals surface area contributed by atoms with E-state index >= 15 is 0 Å². The molecule has 0 radical (unpaired) electrons. The van der Waals surface area contributed by atoms with Crippen LogP contribution in [0.4, 0.5) is 8.78 Å². The van der Waals surface area contributed by atoms with E-state index in [2.05, 4.69) is 15.9 Å². The van der Waals surface area contributed by atoms with Crippen LogP contribution in [-0.4, -0.2) is 29.4 Å². The van der Waals surface area contributed by atoms with E-state index in [0.29, 0.717) is 11.4 Å². The summed E-state index contributed by atoms with van der Waals surface area (Å²) in [6.45, 7) is 1.30. The fraction of sp³-hybridized carbons (Fsp3) is 0.538. The molecule has 0 aromatic heterocycles. The molecule has 17 heavy (non-hydrogen) atoms. The standard InChI is InChI=1S/C13H16BrF2N/c14-12-7-4-8-17(9-12)10-13(15,16)11-5-2-1-3-6-11/h1-3,5-6,12H,4,7-10H2. The summed E-state index contributed by atoms with van der Waals surface area (Å²) < 4.78 is 28.0. The maximum Gasteiger partial charge on any atom is 0.285 e. The van der Waals surface area contributed by atoms with Crippen LogP contribution in [0.2, 0.25) is 0 Å². The van der Waals surface area contributed by atoms with E-state index in [-0.39, 0.29) is 12.1 Å². The summed E-state index contributed by atoms with van der Waals surface area (Å²) in [6.07, 6.45) is 2.06. The number of hydrogen-bond donors (Lipinski definition) is 0. The van der Waals surface area contributed by atoms with Crippen LogP contribution in [0.3, 0.4) is 0 Å². The molecule has 1 heterocycles. The van der Waals surface area contributed by atoms with E-state index in [9.17, 15) is 8.78 Å². The van der Waals surface area contributed by atoms with E-state index in [0.717, 1.165) is 19.4 Å². The largest absolute Gasteiger partial charge is 0.296 e. The third kappa shape index (κ3) is 3.49. The van der Waals surface area contributed by atoms with Gasteiger partial charge >= 0.3 is 0 Å². The third-order valence-corrected chi connectivity index (χ3v) is 3.81. The molecule has 0 aliphatic carbocycles. The van der Waals surface area contributed by atoms with Gasteiger partial charge in [-0.2, -0.15) is 8.78 Å². The lowest BCUT2D eigenvalue weighted by atomic mass is 10.1. The molecule has 4 heteroatoms. The van der Waals surface area contributed by atoms with Gasteiger partial charge < -0.3 is 0 Å². The second-order valence-corrected chi connectivity index (χ2v) is 5.84. The Morgan fingerprint density at radius 2 is 2.00 bits per heavy atom. The van der Waals surface area contributed by atoms with Crippen LogP contribution in [0.25, 0.3) is 0 Å². The topological polar surface area (TPSA) is 3.24 Å². The number of benzene rings is 1. The quantitative estimate of drug-likeness (QED) is 0.771. The van der Waals surface area contributed by atoms with Crippen molar-refractivity contribution in [1.29, 1.82) is 0 Å². The lowest BCUT2D eigenvalue weighted by Crippen LogP contribution is -2.42. The first-order valence-electron chi connectivity index (χ1n) is 5.88. The summed E-state index contributed by atoms with van der Waals surface area (Å²) in [5, 5.41) is 0. The Labute approximate surface area is 109 Å². The monoisotopic (exact) mass is 303 g/mol. The molecule has 1 aromatic carbocycles. The molecule has 1 fully saturated rings. The molecule has 0 saturated carbocycles. The molecule has 1 nitrogen and oxygen atoms in total. The number of piperidine rings is 1. The highest BCUT2D eigenvalue weighted by atomic mass is 79.9. The molecule has 1 saturated heterocycles.